The summed E-state index contributed by atoms with van der Waals surface area (Å²) in [5.41, 5.74) is -0.574. The topological polar surface area (TPSA) is 70.7 Å². The third-order valence-electron chi connectivity index (χ3n) is 2.30. The zero-order chi connectivity index (χ0) is 13.0. The molecular formula is C11H10F2N4O. The van der Waals surface area contributed by atoms with Gasteiger partial charge in [-0.25, -0.2) is 13.8 Å². The van der Waals surface area contributed by atoms with Gasteiger partial charge in [0.05, 0.1) is 0 Å². The molecule has 0 unspecified atom stereocenters. The molecule has 0 aliphatic carbocycles. The molecular weight excluding hydrogens is 242 g/mol. The lowest BCUT2D eigenvalue weighted by molar-refractivity contribution is 0.0945. The largest absolute Gasteiger partial charge is 0.351 e. The van der Waals surface area contributed by atoms with Gasteiger partial charge in [0.2, 0.25) is 0 Å². The van der Waals surface area contributed by atoms with E-state index in [1.165, 1.54) is 12.4 Å². The molecule has 0 atom stereocenters. The van der Waals surface area contributed by atoms with E-state index < -0.39 is 23.1 Å². The molecule has 94 valence electrons. The van der Waals surface area contributed by atoms with Gasteiger partial charge in [-0.15, -0.1) is 0 Å². The number of H-pyrrole nitrogens is 1. The smallest absolute Gasteiger partial charge is 0.257 e. The summed E-state index contributed by atoms with van der Waals surface area (Å²) in [4.78, 5) is 15.4. The van der Waals surface area contributed by atoms with Gasteiger partial charge in [0, 0.05) is 13.0 Å². The molecule has 2 aromatic rings. The van der Waals surface area contributed by atoms with Crippen LogP contribution in [0.4, 0.5) is 8.78 Å². The maximum Gasteiger partial charge on any atom is 0.257 e. The van der Waals surface area contributed by atoms with E-state index in [0.29, 0.717) is 12.2 Å². The highest BCUT2D eigenvalue weighted by molar-refractivity contribution is 5.94. The first-order chi connectivity index (χ1) is 8.68. The van der Waals surface area contributed by atoms with Crippen LogP contribution >= 0.6 is 0 Å². The second-order valence-electron chi connectivity index (χ2n) is 3.53. The first-order valence-corrected chi connectivity index (χ1v) is 5.25. The number of aromatic nitrogens is 3. The Kier molecular flexibility index (Phi) is 3.61. The summed E-state index contributed by atoms with van der Waals surface area (Å²) < 4.78 is 26.5. The number of hydrogen-bond acceptors (Lipinski definition) is 3. The van der Waals surface area contributed by atoms with Crippen LogP contribution in [-0.4, -0.2) is 27.6 Å². The molecule has 1 aromatic carbocycles. The molecule has 0 saturated carbocycles. The maximum absolute atomic E-state index is 13.3. The quantitative estimate of drug-likeness (QED) is 0.854. The van der Waals surface area contributed by atoms with Crippen molar-refractivity contribution in [3.63, 3.8) is 0 Å². The van der Waals surface area contributed by atoms with Gasteiger partial charge in [0.25, 0.3) is 5.91 Å². The van der Waals surface area contributed by atoms with E-state index in [9.17, 15) is 13.6 Å². The summed E-state index contributed by atoms with van der Waals surface area (Å²) in [6.45, 7) is 0.210. The van der Waals surface area contributed by atoms with Crippen molar-refractivity contribution in [3.05, 3.63) is 47.5 Å². The van der Waals surface area contributed by atoms with E-state index in [1.807, 2.05) is 0 Å². The Labute approximate surface area is 101 Å². The minimum absolute atomic E-state index is 0.210. The molecule has 0 aliphatic rings. The van der Waals surface area contributed by atoms with Crippen molar-refractivity contribution in [3.8, 4) is 0 Å². The summed E-state index contributed by atoms with van der Waals surface area (Å²) in [6, 6.07) is 3.28. The number of aromatic amines is 1. The molecule has 5 nitrogen and oxygen atoms in total. The van der Waals surface area contributed by atoms with E-state index in [4.69, 9.17) is 0 Å². The van der Waals surface area contributed by atoms with Crippen molar-refractivity contribution in [2.24, 2.45) is 0 Å². The average Bonchev–Trinajstić information content (AvgIpc) is 2.82. The fourth-order valence-electron chi connectivity index (χ4n) is 1.45. The highest BCUT2D eigenvalue weighted by Crippen LogP contribution is 2.11. The molecule has 0 saturated heterocycles. The van der Waals surface area contributed by atoms with Crippen LogP contribution < -0.4 is 5.32 Å². The second-order valence-corrected chi connectivity index (χ2v) is 3.53. The van der Waals surface area contributed by atoms with E-state index in [1.54, 1.807) is 0 Å². The average molecular weight is 252 g/mol. The van der Waals surface area contributed by atoms with Gasteiger partial charge in [-0.2, -0.15) is 5.10 Å². The number of carbonyl (C=O) groups is 1. The summed E-state index contributed by atoms with van der Waals surface area (Å²) in [7, 11) is 0. The van der Waals surface area contributed by atoms with Crippen LogP contribution in [0.15, 0.2) is 24.5 Å². The molecule has 0 fully saturated rings. The predicted molar refractivity (Wildman–Crippen MR) is 58.8 cm³/mol. The number of carbonyl (C=O) groups excluding carboxylic acids is 1. The summed E-state index contributed by atoms with van der Waals surface area (Å²) in [5.74, 6) is -1.96. The minimum atomic E-state index is -0.882. The Morgan fingerprint density at radius 2 is 2.06 bits per heavy atom. The van der Waals surface area contributed by atoms with Crippen molar-refractivity contribution in [1.29, 1.82) is 0 Å². The first kappa shape index (κ1) is 12.2. The van der Waals surface area contributed by atoms with Crippen molar-refractivity contribution in [2.75, 3.05) is 6.54 Å². The predicted octanol–water partition coefficient (Wildman–Crippen LogP) is 1.06. The Bertz CT molecular complexity index is 522. The molecule has 0 bridgehead atoms. The van der Waals surface area contributed by atoms with Gasteiger partial charge >= 0.3 is 0 Å². The van der Waals surface area contributed by atoms with Crippen LogP contribution in [0.2, 0.25) is 0 Å². The molecule has 18 heavy (non-hydrogen) atoms. The van der Waals surface area contributed by atoms with Gasteiger partial charge in [-0.05, 0) is 12.1 Å². The van der Waals surface area contributed by atoms with Gasteiger partial charge < -0.3 is 5.32 Å². The Balaban J connectivity index is 1.96. The van der Waals surface area contributed by atoms with Gasteiger partial charge in [-0.1, -0.05) is 6.07 Å². The lowest BCUT2D eigenvalue weighted by Crippen LogP contribution is -2.27. The summed E-state index contributed by atoms with van der Waals surface area (Å²) in [6.07, 6.45) is 1.75. The number of hydrogen-bond donors (Lipinski definition) is 2. The molecule has 2 rings (SSSR count). The fraction of sp³-hybridized carbons (Fsp3) is 0.182. The molecule has 1 amide bonds. The maximum atomic E-state index is 13.3. The molecule has 0 spiro atoms. The molecule has 7 heteroatoms. The number of rotatable bonds is 4. The monoisotopic (exact) mass is 252 g/mol. The van der Waals surface area contributed by atoms with Crippen LogP contribution in [0.25, 0.3) is 0 Å². The molecule has 1 aromatic heterocycles. The van der Waals surface area contributed by atoms with Crippen LogP contribution in [0.5, 0.6) is 0 Å². The van der Waals surface area contributed by atoms with E-state index in [0.717, 1.165) is 12.1 Å². The molecule has 1 heterocycles. The van der Waals surface area contributed by atoms with Gasteiger partial charge in [0.15, 0.2) is 0 Å². The van der Waals surface area contributed by atoms with E-state index >= 15 is 0 Å². The standard InChI is InChI=1S/C11H10F2N4O/c12-7-2-1-3-8(13)10(7)11(18)14-5-4-9-15-6-16-17-9/h1-3,6H,4-5H2,(H,14,18)(H,15,16,17). The normalized spacial score (nSPS) is 10.3. The van der Waals surface area contributed by atoms with E-state index in [2.05, 4.69) is 20.5 Å². The minimum Gasteiger partial charge on any atom is -0.351 e. The Morgan fingerprint density at radius 3 is 2.67 bits per heavy atom. The Morgan fingerprint density at radius 1 is 1.33 bits per heavy atom. The second kappa shape index (κ2) is 5.35. The fourth-order valence-corrected chi connectivity index (χ4v) is 1.45. The zero-order valence-corrected chi connectivity index (χ0v) is 9.28. The highest BCUT2D eigenvalue weighted by atomic mass is 19.1. The lowest BCUT2D eigenvalue weighted by atomic mass is 10.2. The molecule has 0 radical (unpaired) electrons. The number of nitrogens with zero attached hydrogens (tertiary/aromatic N) is 2. The van der Waals surface area contributed by atoms with Crippen molar-refractivity contribution in [1.82, 2.24) is 20.5 Å². The van der Waals surface area contributed by atoms with Gasteiger partial charge in [-0.3, -0.25) is 9.89 Å². The molecule has 0 aliphatic heterocycles. The number of amides is 1. The SMILES string of the molecule is O=C(NCCc1ncn[nH]1)c1c(F)cccc1F. The van der Waals surface area contributed by atoms with Gasteiger partial charge in [0.1, 0.15) is 29.3 Å². The van der Waals surface area contributed by atoms with Crippen LogP contribution in [0.1, 0.15) is 16.2 Å². The van der Waals surface area contributed by atoms with Crippen LogP contribution in [-0.2, 0) is 6.42 Å². The van der Waals surface area contributed by atoms with Crippen LogP contribution in [0, 0.1) is 11.6 Å². The number of halogens is 2. The number of nitrogens with one attached hydrogen (secondary N) is 2. The van der Waals surface area contributed by atoms with Crippen LogP contribution in [0.3, 0.4) is 0 Å². The summed E-state index contributed by atoms with van der Waals surface area (Å²) >= 11 is 0. The highest BCUT2D eigenvalue weighted by Gasteiger charge is 2.16. The summed E-state index contributed by atoms with van der Waals surface area (Å²) in [5, 5.41) is 8.66. The van der Waals surface area contributed by atoms with E-state index in [-0.39, 0.29) is 6.54 Å². The Hall–Kier alpha value is -2.31. The first-order valence-electron chi connectivity index (χ1n) is 5.25. The lowest BCUT2D eigenvalue weighted by Gasteiger charge is -2.05. The third-order valence-corrected chi connectivity index (χ3v) is 2.30. The third kappa shape index (κ3) is 2.68. The van der Waals surface area contributed by atoms with Crippen molar-refractivity contribution < 1.29 is 13.6 Å². The molecule has 2 N–H and O–H groups in total. The zero-order valence-electron chi connectivity index (χ0n) is 9.28. The van der Waals surface area contributed by atoms with Crippen molar-refractivity contribution in [2.45, 2.75) is 6.42 Å². The van der Waals surface area contributed by atoms with Crippen molar-refractivity contribution >= 4 is 5.91 Å². The number of benzene rings is 1.